The summed E-state index contributed by atoms with van der Waals surface area (Å²) in [5.74, 6) is 1.59. The molecule has 9 heteroatoms. The van der Waals surface area contributed by atoms with E-state index in [0.717, 1.165) is 25.0 Å². The average molecular weight is 468 g/mol. The average Bonchev–Trinajstić information content (AvgIpc) is 2.90. The van der Waals surface area contributed by atoms with Gasteiger partial charge in [0.2, 0.25) is 10.0 Å². The summed E-state index contributed by atoms with van der Waals surface area (Å²) in [5.41, 5.74) is 1.21. The molecule has 0 aromatic heterocycles. The lowest BCUT2D eigenvalue weighted by Crippen LogP contribution is -2.42. The molecule has 0 radical (unpaired) electrons. The van der Waals surface area contributed by atoms with Crippen molar-refractivity contribution in [2.24, 2.45) is 4.99 Å². The Morgan fingerprint density at radius 2 is 2.04 bits per heavy atom. The predicted octanol–water partition coefficient (Wildman–Crippen LogP) is 0.712. The number of rotatable bonds is 7. The molecule has 0 aliphatic carbocycles. The summed E-state index contributed by atoms with van der Waals surface area (Å²) >= 11 is 0. The molecule has 0 fully saturated rings. The zero-order valence-corrected chi connectivity index (χ0v) is 17.1. The van der Waals surface area contributed by atoms with E-state index in [1.807, 2.05) is 25.1 Å². The van der Waals surface area contributed by atoms with E-state index in [2.05, 4.69) is 26.4 Å². The van der Waals surface area contributed by atoms with Crippen molar-refractivity contribution in [3.8, 4) is 5.75 Å². The lowest BCUT2D eigenvalue weighted by atomic mass is 10.1. The lowest BCUT2D eigenvalue weighted by Gasteiger charge is -2.13. The van der Waals surface area contributed by atoms with Gasteiger partial charge in [-0.05, 0) is 18.6 Å². The molecule has 2 rings (SSSR count). The number of hydrogen-bond acceptors (Lipinski definition) is 4. The first-order valence-corrected chi connectivity index (χ1v) is 9.58. The number of guanidine groups is 1. The van der Waals surface area contributed by atoms with E-state index in [1.165, 1.54) is 5.56 Å². The van der Waals surface area contributed by atoms with Crippen molar-refractivity contribution in [1.29, 1.82) is 0 Å². The zero-order chi connectivity index (χ0) is 16.7. The van der Waals surface area contributed by atoms with Crippen LogP contribution in [-0.4, -0.2) is 52.9 Å². The molecular formula is C15H25IN4O3S. The minimum atomic E-state index is -3.16. The first-order chi connectivity index (χ1) is 11.0. The van der Waals surface area contributed by atoms with Gasteiger partial charge in [0.1, 0.15) is 11.9 Å². The van der Waals surface area contributed by atoms with Crippen LogP contribution in [0.2, 0.25) is 0 Å². The van der Waals surface area contributed by atoms with Crippen LogP contribution >= 0.6 is 24.0 Å². The maximum absolute atomic E-state index is 11.0. The number of nitrogens with one attached hydrogen (secondary N) is 3. The Morgan fingerprint density at radius 3 is 2.71 bits per heavy atom. The maximum Gasteiger partial charge on any atom is 0.208 e. The molecule has 1 atom stereocenters. The molecule has 1 aromatic rings. The minimum Gasteiger partial charge on any atom is -0.488 e. The van der Waals surface area contributed by atoms with Crippen LogP contribution in [0.1, 0.15) is 12.5 Å². The predicted molar refractivity (Wildman–Crippen MR) is 107 cm³/mol. The van der Waals surface area contributed by atoms with Gasteiger partial charge in [-0.25, -0.2) is 18.1 Å². The maximum atomic E-state index is 11.0. The summed E-state index contributed by atoms with van der Waals surface area (Å²) in [7, 11) is -3.16. The van der Waals surface area contributed by atoms with Gasteiger partial charge in [-0.2, -0.15) is 0 Å². The highest BCUT2D eigenvalue weighted by Crippen LogP contribution is 2.28. The lowest BCUT2D eigenvalue weighted by molar-refractivity contribution is 0.241. The molecule has 1 aromatic carbocycles. The molecule has 0 saturated carbocycles. The van der Waals surface area contributed by atoms with Crippen LogP contribution in [0, 0.1) is 0 Å². The highest BCUT2D eigenvalue weighted by Gasteiger charge is 2.21. The molecule has 0 amide bonds. The third-order valence-electron chi connectivity index (χ3n) is 3.29. The molecule has 7 nitrogen and oxygen atoms in total. The normalized spacial score (nSPS) is 16.8. The number of sulfonamides is 1. The number of fused-ring (bicyclic) bond motifs is 1. The van der Waals surface area contributed by atoms with E-state index in [9.17, 15) is 8.42 Å². The van der Waals surface area contributed by atoms with E-state index in [-0.39, 0.29) is 30.1 Å². The van der Waals surface area contributed by atoms with Gasteiger partial charge in [-0.1, -0.05) is 18.2 Å². The van der Waals surface area contributed by atoms with Crippen molar-refractivity contribution in [2.75, 3.05) is 32.4 Å². The van der Waals surface area contributed by atoms with Gasteiger partial charge >= 0.3 is 0 Å². The number of ether oxygens (including phenoxy) is 1. The number of nitrogens with zero attached hydrogens (tertiary/aromatic N) is 1. The molecule has 1 aliphatic heterocycles. The van der Waals surface area contributed by atoms with Crippen LogP contribution in [0.5, 0.6) is 5.75 Å². The minimum absolute atomic E-state index is 0. The van der Waals surface area contributed by atoms with Crippen LogP contribution in [-0.2, 0) is 16.4 Å². The van der Waals surface area contributed by atoms with Gasteiger partial charge in [0, 0.05) is 26.1 Å². The molecule has 0 saturated heterocycles. The Labute approximate surface area is 160 Å². The van der Waals surface area contributed by atoms with Crippen molar-refractivity contribution < 1.29 is 13.2 Å². The zero-order valence-electron chi connectivity index (χ0n) is 13.9. The van der Waals surface area contributed by atoms with Crippen LogP contribution in [0.3, 0.4) is 0 Å². The smallest absolute Gasteiger partial charge is 0.208 e. The number of hydrogen-bond donors (Lipinski definition) is 3. The van der Waals surface area contributed by atoms with Gasteiger partial charge < -0.3 is 15.4 Å². The Balaban J connectivity index is 0.00000288. The first-order valence-electron chi connectivity index (χ1n) is 7.69. The first kappa shape index (κ1) is 21.0. The summed E-state index contributed by atoms with van der Waals surface area (Å²) in [6, 6.07) is 8.01. The van der Waals surface area contributed by atoms with Crippen LogP contribution in [0.25, 0.3) is 0 Å². The molecule has 1 unspecified atom stereocenters. The van der Waals surface area contributed by atoms with E-state index in [0.29, 0.717) is 25.6 Å². The van der Waals surface area contributed by atoms with Crippen molar-refractivity contribution >= 4 is 40.0 Å². The van der Waals surface area contributed by atoms with Gasteiger partial charge in [0.05, 0.1) is 12.8 Å². The Hall–Kier alpha value is -1.07. The van der Waals surface area contributed by atoms with Crippen LogP contribution in [0.15, 0.2) is 29.3 Å². The molecule has 0 bridgehead atoms. The fourth-order valence-corrected chi connectivity index (χ4v) is 2.78. The monoisotopic (exact) mass is 468 g/mol. The fraction of sp³-hybridized carbons (Fsp3) is 0.533. The highest BCUT2D eigenvalue weighted by atomic mass is 127. The standard InChI is InChI=1S/C15H24N4O3S.HI/c1-3-16-15(17-8-9-19-23(2,20)21)18-11-13-10-12-6-4-5-7-14(12)22-13;/h4-7,13,19H,3,8-11H2,1-2H3,(H2,16,17,18);1H. The Morgan fingerprint density at radius 1 is 1.29 bits per heavy atom. The summed E-state index contributed by atoms with van der Waals surface area (Å²) < 4.78 is 30.3. The molecule has 0 spiro atoms. The molecule has 24 heavy (non-hydrogen) atoms. The third kappa shape index (κ3) is 7.22. The van der Waals surface area contributed by atoms with Gasteiger partial charge in [0.25, 0.3) is 0 Å². The molecule has 1 heterocycles. The third-order valence-corrected chi connectivity index (χ3v) is 4.02. The molecule has 3 N–H and O–H groups in total. The van der Waals surface area contributed by atoms with Crippen LogP contribution in [0.4, 0.5) is 0 Å². The molecule has 1 aliphatic rings. The second-order valence-corrected chi connectivity index (χ2v) is 7.20. The summed E-state index contributed by atoms with van der Waals surface area (Å²) in [6.07, 6.45) is 2.04. The SMILES string of the molecule is CCNC(=NCC1Cc2ccccc2O1)NCCNS(C)(=O)=O.I. The van der Waals surface area contributed by atoms with E-state index in [1.54, 1.807) is 0 Å². The number of para-hydroxylation sites is 1. The summed E-state index contributed by atoms with van der Waals surface area (Å²) in [5, 5.41) is 6.23. The van der Waals surface area contributed by atoms with E-state index >= 15 is 0 Å². The largest absolute Gasteiger partial charge is 0.488 e. The summed E-state index contributed by atoms with van der Waals surface area (Å²) in [6.45, 7) is 4.04. The summed E-state index contributed by atoms with van der Waals surface area (Å²) in [4.78, 5) is 4.50. The Bertz CT molecular complexity index is 627. The Kier molecular flexibility index (Phi) is 8.78. The van der Waals surface area contributed by atoms with Crippen molar-refractivity contribution in [3.05, 3.63) is 29.8 Å². The second kappa shape index (κ2) is 10.0. The molecule has 136 valence electrons. The van der Waals surface area contributed by atoms with E-state index in [4.69, 9.17) is 4.74 Å². The van der Waals surface area contributed by atoms with Crippen LogP contribution < -0.4 is 20.1 Å². The quantitative estimate of drug-likeness (QED) is 0.237. The van der Waals surface area contributed by atoms with Crippen molar-refractivity contribution in [2.45, 2.75) is 19.4 Å². The fourth-order valence-electron chi connectivity index (χ4n) is 2.31. The van der Waals surface area contributed by atoms with Gasteiger partial charge in [-0.15, -0.1) is 24.0 Å². The van der Waals surface area contributed by atoms with E-state index < -0.39 is 10.0 Å². The number of halogens is 1. The number of aliphatic imine (C=N–C) groups is 1. The molecular weight excluding hydrogens is 443 g/mol. The topological polar surface area (TPSA) is 91.8 Å². The van der Waals surface area contributed by atoms with Gasteiger partial charge in [-0.3, -0.25) is 0 Å². The number of benzene rings is 1. The van der Waals surface area contributed by atoms with Gasteiger partial charge in [0.15, 0.2) is 5.96 Å². The highest BCUT2D eigenvalue weighted by molar-refractivity contribution is 14.0. The van der Waals surface area contributed by atoms with Crippen molar-refractivity contribution in [3.63, 3.8) is 0 Å². The second-order valence-electron chi connectivity index (χ2n) is 5.36. The van der Waals surface area contributed by atoms with Crippen molar-refractivity contribution in [1.82, 2.24) is 15.4 Å².